The van der Waals surface area contributed by atoms with Crippen molar-refractivity contribution in [1.29, 1.82) is 0 Å². The highest BCUT2D eigenvalue weighted by atomic mass is 35.5. The van der Waals surface area contributed by atoms with Gasteiger partial charge >= 0.3 is 0 Å². The molecule has 0 saturated heterocycles. The second-order valence-corrected chi connectivity index (χ2v) is 4.04. The van der Waals surface area contributed by atoms with Crippen molar-refractivity contribution < 1.29 is 8.42 Å². The number of hydrogen-bond acceptors (Lipinski definition) is 4. The third-order valence-corrected chi connectivity index (χ3v) is 2.98. The summed E-state index contributed by atoms with van der Waals surface area (Å²) in [6.45, 7) is 0. The summed E-state index contributed by atoms with van der Waals surface area (Å²) >= 11 is 0. The lowest BCUT2D eigenvalue weighted by Crippen LogP contribution is -2.22. The molecule has 0 radical (unpaired) electrons. The fourth-order valence-corrected chi connectivity index (χ4v) is 1.82. The number of nitrogens with two attached hydrogens (primary N) is 1. The molecule has 1 rings (SSSR count). The lowest BCUT2D eigenvalue weighted by atomic mass is 10.6. The van der Waals surface area contributed by atoms with Crippen molar-refractivity contribution in [3.8, 4) is 0 Å². The van der Waals surface area contributed by atoms with Crippen LogP contribution in [0.15, 0.2) is 11.2 Å². The molecule has 0 atom stereocenters. The number of aromatic nitrogens is 2. The Morgan fingerprint density at radius 3 is 2.46 bits per heavy atom. The van der Waals surface area contributed by atoms with Crippen molar-refractivity contribution >= 4 is 28.1 Å². The Morgan fingerprint density at radius 1 is 1.62 bits per heavy atom. The van der Waals surface area contributed by atoms with E-state index in [1.165, 1.54) is 25.0 Å². The van der Waals surface area contributed by atoms with E-state index in [0.717, 1.165) is 0 Å². The predicted molar refractivity (Wildman–Crippen MR) is 51.1 cm³/mol. The van der Waals surface area contributed by atoms with Gasteiger partial charge in [-0.05, 0) is 7.05 Å². The summed E-state index contributed by atoms with van der Waals surface area (Å²) in [4.78, 5) is 0. The van der Waals surface area contributed by atoms with Crippen molar-refractivity contribution in [2.45, 2.75) is 5.03 Å². The van der Waals surface area contributed by atoms with Crippen molar-refractivity contribution in [2.24, 2.45) is 7.05 Å². The number of sulfonamides is 1. The van der Waals surface area contributed by atoms with Crippen molar-refractivity contribution in [1.82, 2.24) is 14.5 Å². The van der Waals surface area contributed by atoms with Crippen molar-refractivity contribution in [3.63, 3.8) is 0 Å². The standard InChI is InChI=1S/C5H10N4O2S.ClH/c1-7-12(10,11)5-4(6)3-8-9(5)2;/h3,7H,6H2,1-2H3;1H. The van der Waals surface area contributed by atoms with E-state index < -0.39 is 10.0 Å². The first-order chi connectivity index (χ1) is 5.49. The topological polar surface area (TPSA) is 90.0 Å². The molecule has 1 aromatic heterocycles. The molecule has 0 spiro atoms. The Morgan fingerprint density at radius 2 is 2.15 bits per heavy atom. The number of aryl methyl sites for hydroxylation is 1. The molecule has 3 N–H and O–H groups in total. The first-order valence-electron chi connectivity index (χ1n) is 3.20. The van der Waals surface area contributed by atoms with Crippen LogP contribution in [0.3, 0.4) is 0 Å². The van der Waals surface area contributed by atoms with Crippen molar-refractivity contribution in [3.05, 3.63) is 6.20 Å². The molecule has 1 aromatic rings. The summed E-state index contributed by atoms with van der Waals surface area (Å²) in [5.41, 5.74) is 5.55. The second-order valence-electron chi connectivity index (χ2n) is 2.24. The van der Waals surface area contributed by atoms with Gasteiger partial charge in [0.05, 0.1) is 11.9 Å². The summed E-state index contributed by atoms with van der Waals surface area (Å²) in [5.74, 6) is 0. The third kappa shape index (κ3) is 2.11. The van der Waals surface area contributed by atoms with Crippen LogP contribution >= 0.6 is 12.4 Å². The van der Waals surface area contributed by atoms with Crippen molar-refractivity contribution in [2.75, 3.05) is 12.8 Å². The van der Waals surface area contributed by atoms with Crippen LogP contribution in [0.4, 0.5) is 5.69 Å². The maximum atomic E-state index is 11.3. The average Bonchev–Trinajstić information content (AvgIpc) is 2.31. The molecule has 6 nitrogen and oxygen atoms in total. The third-order valence-electron chi connectivity index (χ3n) is 1.43. The smallest absolute Gasteiger partial charge is 0.259 e. The van der Waals surface area contributed by atoms with E-state index in [9.17, 15) is 8.42 Å². The summed E-state index contributed by atoms with van der Waals surface area (Å²) in [6, 6.07) is 0. The molecule has 0 aliphatic carbocycles. The lowest BCUT2D eigenvalue weighted by molar-refractivity contribution is 0.570. The number of halogens is 1. The van der Waals surface area contributed by atoms with Gasteiger partial charge in [-0.15, -0.1) is 12.4 Å². The first kappa shape index (κ1) is 12.2. The van der Waals surface area contributed by atoms with Crippen LogP contribution in [0.25, 0.3) is 0 Å². The lowest BCUT2D eigenvalue weighted by Gasteiger charge is -2.02. The monoisotopic (exact) mass is 226 g/mol. The molecule has 0 aliphatic heterocycles. The highest BCUT2D eigenvalue weighted by Crippen LogP contribution is 2.14. The van der Waals surface area contributed by atoms with Crippen LogP contribution in [0.1, 0.15) is 0 Å². The number of rotatable bonds is 2. The quantitative estimate of drug-likeness (QED) is 0.700. The zero-order valence-electron chi connectivity index (χ0n) is 7.18. The van der Waals surface area contributed by atoms with Crippen LogP contribution in [-0.2, 0) is 17.1 Å². The van der Waals surface area contributed by atoms with E-state index in [1.54, 1.807) is 0 Å². The second kappa shape index (κ2) is 3.95. The van der Waals surface area contributed by atoms with Gasteiger partial charge in [-0.3, -0.25) is 4.68 Å². The van der Waals surface area contributed by atoms with Crippen LogP contribution in [0, 0.1) is 0 Å². The largest absolute Gasteiger partial charge is 0.395 e. The molecular weight excluding hydrogens is 216 g/mol. The van der Waals surface area contributed by atoms with Gasteiger partial charge in [0.2, 0.25) is 0 Å². The molecule has 0 saturated carbocycles. The predicted octanol–water partition coefficient (Wildman–Crippen LogP) is -0.668. The first-order valence-corrected chi connectivity index (χ1v) is 4.68. The van der Waals surface area contributed by atoms with E-state index >= 15 is 0 Å². The van der Waals surface area contributed by atoms with Gasteiger partial charge in [0, 0.05) is 7.05 Å². The van der Waals surface area contributed by atoms with Gasteiger partial charge < -0.3 is 5.73 Å². The molecule has 0 unspecified atom stereocenters. The maximum Gasteiger partial charge on any atom is 0.259 e. The van der Waals surface area contributed by atoms with Gasteiger partial charge in [0.1, 0.15) is 0 Å². The van der Waals surface area contributed by atoms with Gasteiger partial charge in [-0.1, -0.05) is 0 Å². The molecule has 0 aliphatic rings. The van der Waals surface area contributed by atoms with E-state index in [-0.39, 0.29) is 23.1 Å². The minimum absolute atomic E-state index is 0. The number of anilines is 1. The molecule has 8 heteroatoms. The number of nitrogens with one attached hydrogen (secondary N) is 1. The molecule has 13 heavy (non-hydrogen) atoms. The zero-order chi connectivity index (χ0) is 9.35. The molecule has 0 amide bonds. The van der Waals surface area contributed by atoms with Gasteiger partial charge in [0.25, 0.3) is 10.0 Å². The molecule has 1 heterocycles. The van der Waals surface area contributed by atoms with Gasteiger partial charge in [0.15, 0.2) is 5.03 Å². The van der Waals surface area contributed by atoms with Gasteiger partial charge in [-0.25, -0.2) is 13.1 Å². The highest BCUT2D eigenvalue weighted by molar-refractivity contribution is 7.89. The molecule has 0 fully saturated rings. The van der Waals surface area contributed by atoms with Gasteiger partial charge in [-0.2, -0.15) is 5.10 Å². The summed E-state index contributed by atoms with van der Waals surface area (Å²) < 4.78 is 25.9. The SMILES string of the molecule is CNS(=O)(=O)c1c(N)cnn1C.Cl. The zero-order valence-corrected chi connectivity index (χ0v) is 8.82. The molecule has 76 valence electrons. The number of hydrogen-bond donors (Lipinski definition) is 2. The highest BCUT2D eigenvalue weighted by Gasteiger charge is 2.19. The Bertz CT molecular complexity index is 366. The van der Waals surface area contributed by atoms with Crippen LogP contribution in [0.5, 0.6) is 0 Å². The molecule has 0 aromatic carbocycles. The Labute approximate surface area is 82.6 Å². The fraction of sp³-hybridized carbons (Fsp3) is 0.400. The minimum Gasteiger partial charge on any atom is -0.395 e. The summed E-state index contributed by atoms with van der Waals surface area (Å²) in [5, 5.41) is 3.69. The number of nitrogens with zero attached hydrogens (tertiary/aromatic N) is 2. The Kier molecular flexibility index (Phi) is 3.71. The minimum atomic E-state index is -3.49. The summed E-state index contributed by atoms with van der Waals surface area (Å²) in [7, 11) is -0.655. The van der Waals surface area contributed by atoms with Crippen LogP contribution in [-0.4, -0.2) is 25.2 Å². The van der Waals surface area contributed by atoms with E-state index in [0.29, 0.717) is 0 Å². The van der Waals surface area contributed by atoms with E-state index in [2.05, 4.69) is 9.82 Å². The normalized spacial score (nSPS) is 10.9. The van der Waals surface area contributed by atoms with Crippen LogP contribution in [0.2, 0.25) is 0 Å². The molecule has 0 bridgehead atoms. The van der Waals surface area contributed by atoms with E-state index in [1.807, 2.05) is 0 Å². The van der Waals surface area contributed by atoms with Crippen LogP contribution < -0.4 is 10.5 Å². The summed E-state index contributed by atoms with van der Waals surface area (Å²) in [6.07, 6.45) is 1.30. The maximum absolute atomic E-state index is 11.3. The fourth-order valence-electron chi connectivity index (χ4n) is 0.869. The Hall–Kier alpha value is -0.790. The Balaban J connectivity index is 0.00000144. The molecular formula is C5H11ClN4O2S. The van der Waals surface area contributed by atoms with E-state index in [4.69, 9.17) is 5.73 Å². The number of nitrogen functional groups attached to an aromatic ring is 1. The average molecular weight is 227 g/mol.